The van der Waals surface area contributed by atoms with Gasteiger partial charge in [-0.05, 0) is 82.4 Å². The highest BCUT2D eigenvalue weighted by Crippen LogP contribution is 2.59. The van der Waals surface area contributed by atoms with Gasteiger partial charge >= 0.3 is 0 Å². The highest BCUT2D eigenvalue weighted by atomic mass is 32.2. The molecule has 3 heterocycles. The van der Waals surface area contributed by atoms with Crippen molar-refractivity contribution in [3.8, 4) is 22.8 Å². The van der Waals surface area contributed by atoms with Crippen molar-refractivity contribution in [2.45, 2.75) is 61.5 Å². The van der Waals surface area contributed by atoms with Gasteiger partial charge in [0.25, 0.3) is 15.9 Å². The maximum Gasteiger partial charge on any atom is 0.270 e. The largest absolute Gasteiger partial charge is 0.495 e. The van der Waals surface area contributed by atoms with E-state index in [1.54, 1.807) is 4.90 Å². The van der Waals surface area contributed by atoms with Crippen LogP contribution in [-0.2, 0) is 21.9 Å². The summed E-state index contributed by atoms with van der Waals surface area (Å²) in [7, 11) is 0.323. The lowest BCUT2D eigenvalue weighted by molar-refractivity contribution is 0.0185. The first-order chi connectivity index (χ1) is 22.0. The van der Waals surface area contributed by atoms with Crippen molar-refractivity contribution in [2.24, 2.45) is 0 Å². The van der Waals surface area contributed by atoms with E-state index in [0.717, 1.165) is 55.7 Å². The van der Waals surface area contributed by atoms with Crippen molar-refractivity contribution < 1.29 is 32.3 Å². The number of carbonyl (C=O) groups is 1. The molecule has 3 aromatic rings. The molecule has 1 spiro atoms. The van der Waals surface area contributed by atoms with Crippen molar-refractivity contribution in [1.29, 1.82) is 0 Å². The van der Waals surface area contributed by atoms with E-state index in [9.17, 15) is 18.3 Å². The van der Waals surface area contributed by atoms with Gasteiger partial charge in [0.05, 0.1) is 26.4 Å². The summed E-state index contributed by atoms with van der Waals surface area (Å²) in [5.74, 6) is 0.287. The molecule has 7 rings (SSSR count). The second kappa shape index (κ2) is 11.5. The number of anilines is 2. The monoisotopic (exact) mass is 651 g/mol. The quantitative estimate of drug-likeness (QED) is 0.391. The average molecular weight is 652 g/mol. The zero-order valence-corrected chi connectivity index (χ0v) is 27.5. The molecule has 4 aliphatic rings. The number of likely N-dealkylation sites (N-methyl/N-ethyl adjacent to an activating group) is 1. The van der Waals surface area contributed by atoms with Gasteiger partial charge in [-0.2, -0.15) is 0 Å². The minimum absolute atomic E-state index is 0.0456. The van der Waals surface area contributed by atoms with Crippen molar-refractivity contribution in [1.82, 2.24) is 15.0 Å². The Labute approximate surface area is 269 Å². The number of ether oxygens (including phenoxy) is 2. The van der Waals surface area contributed by atoms with Crippen LogP contribution in [0.2, 0.25) is 0 Å². The zero-order chi connectivity index (χ0) is 32.4. The van der Waals surface area contributed by atoms with Crippen LogP contribution in [0, 0.1) is 0 Å². The molecule has 2 atom stereocenters. The first-order valence-corrected chi connectivity index (χ1v) is 17.4. The second-order valence-corrected chi connectivity index (χ2v) is 14.7. The highest BCUT2D eigenvalue weighted by molar-refractivity contribution is 7.93. The highest BCUT2D eigenvalue weighted by Gasteiger charge is 2.51. The number of sulfonamides is 1. The van der Waals surface area contributed by atoms with E-state index in [0.29, 0.717) is 25.3 Å². The summed E-state index contributed by atoms with van der Waals surface area (Å²) in [6.45, 7) is 5.47. The molecule has 46 heavy (non-hydrogen) atoms. The van der Waals surface area contributed by atoms with Crippen molar-refractivity contribution in [3.63, 3.8) is 0 Å². The summed E-state index contributed by atoms with van der Waals surface area (Å²) >= 11 is 0. The van der Waals surface area contributed by atoms with Gasteiger partial charge in [0, 0.05) is 54.0 Å². The van der Waals surface area contributed by atoms with Crippen LogP contribution in [0.15, 0.2) is 39.8 Å². The van der Waals surface area contributed by atoms with Crippen LogP contribution in [0.25, 0.3) is 11.3 Å². The Bertz CT molecular complexity index is 1760. The van der Waals surface area contributed by atoms with Gasteiger partial charge in [0.2, 0.25) is 0 Å². The standard InChI is InChI=1S/C33H41N5O7S/c1-20-26(39)19-36(2)11-5-14-38(20)32(40)21-15-27(43-3)30(28(16-21)44-4)46(41,42)35-31-24-18-33(9-10-33)25-8-7-22(37-12-6-13-37)17-23(25)29(24)45-34-31/h7-8,15-17,20,26,39H,5-6,9-14,18-19H2,1-4H3,(H,34,35)/t20-,26-/m0/s1. The lowest BCUT2D eigenvalue weighted by Crippen LogP contribution is -2.51. The number of amides is 1. The number of fused-ring (bicyclic) bond motifs is 4. The lowest BCUT2D eigenvalue weighted by Gasteiger charge is -2.37. The minimum atomic E-state index is -4.32. The number of aliphatic hydroxyl groups is 1. The Kier molecular flexibility index (Phi) is 7.68. The molecular formula is C33H41N5O7S. The van der Waals surface area contributed by atoms with Crippen LogP contribution >= 0.6 is 0 Å². The fourth-order valence-electron chi connectivity index (χ4n) is 7.13. The van der Waals surface area contributed by atoms with Crippen LogP contribution in [0.1, 0.15) is 54.1 Å². The Morgan fingerprint density at radius 1 is 1.07 bits per heavy atom. The molecule has 13 heteroatoms. The van der Waals surface area contributed by atoms with Crippen molar-refractivity contribution >= 4 is 27.4 Å². The summed E-state index contributed by atoms with van der Waals surface area (Å²) in [5.41, 5.74) is 4.20. The van der Waals surface area contributed by atoms with E-state index >= 15 is 0 Å². The van der Waals surface area contributed by atoms with Gasteiger partial charge in [-0.25, -0.2) is 8.42 Å². The maximum absolute atomic E-state index is 14.1. The van der Waals surface area contributed by atoms with E-state index in [1.165, 1.54) is 38.3 Å². The number of aromatic nitrogens is 1. The maximum atomic E-state index is 14.1. The summed E-state index contributed by atoms with van der Waals surface area (Å²) in [5, 5.41) is 14.9. The summed E-state index contributed by atoms with van der Waals surface area (Å²) in [6, 6.07) is 8.88. The second-order valence-electron chi connectivity index (χ2n) is 13.1. The minimum Gasteiger partial charge on any atom is -0.495 e. The number of rotatable bonds is 7. The number of nitrogens with one attached hydrogen (secondary N) is 1. The summed E-state index contributed by atoms with van der Waals surface area (Å²) in [4.78, 5) is 19.5. The normalized spacial score (nSPS) is 22.3. The molecule has 2 N–H and O–H groups in total. The van der Waals surface area contributed by atoms with Crippen molar-refractivity contribution in [3.05, 3.63) is 47.0 Å². The first-order valence-electron chi connectivity index (χ1n) is 15.9. The predicted octanol–water partition coefficient (Wildman–Crippen LogP) is 3.48. The summed E-state index contributed by atoms with van der Waals surface area (Å²) in [6.07, 6.45) is 3.81. The fraction of sp³-hybridized carbons (Fsp3) is 0.515. The van der Waals surface area contributed by atoms with Gasteiger partial charge in [-0.1, -0.05) is 11.2 Å². The van der Waals surface area contributed by atoms with Crippen LogP contribution < -0.4 is 19.1 Å². The summed E-state index contributed by atoms with van der Waals surface area (Å²) < 4.78 is 47.7. The van der Waals surface area contributed by atoms with Crippen molar-refractivity contribution in [2.75, 3.05) is 63.6 Å². The number of hydrogen-bond donors (Lipinski definition) is 2. The Hall–Kier alpha value is -3.81. The Morgan fingerprint density at radius 3 is 2.39 bits per heavy atom. The molecule has 1 amide bonds. The SMILES string of the molecule is COc1cc(C(=O)N2CCCN(C)C[C@H](O)[C@@H]2C)cc(OC)c1S(=O)(=O)Nc1noc2c1CC1(CC1)c1ccc(N3CCC3)cc1-2. The smallest absolute Gasteiger partial charge is 0.270 e. The van der Waals surface area contributed by atoms with Crippen LogP contribution in [0.4, 0.5) is 11.5 Å². The van der Waals surface area contributed by atoms with E-state index < -0.39 is 22.2 Å². The van der Waals surface area contributed by atoms with Gasteiger partial charge in [0.15, 0.2) is 16.5 Å². The van der Waals surface area contributed by atoms with Crippen LogP contribution in [-0.4, -0.2) is 101 Å². The van der Waals surface area contributed by atoms with Crippen LogP contribution in [0.5, 0.6) is 11.5 Å². The number of β-amino-alcohol motifs (C(OH)–C–C–N with tert-alkyl or cyclic N) is 1. The molecular weight excluding hydrogens is 610 g/mol. The molecule has 1 saturated carbocycles. The predicted molar refractivity (Wildman–Crippen MR) is 172 cm³/mol. The average Bonchev–Trinajstić information content (AvgIpc) is 3.68. The first kappa shape index (κ1) is 30.8. The molecule has 3 fully saturated rings. The fourth-order valence-corrected chi connectivity index (χ4v) is 8.46. The number of aliphatic hydroxyl groups excluding tert-OH is 1. The third kappa shape index (κ3) is 5.18. The molecule has 2 aliphatic heterocycles. The van der Waals surface area contributed by atoms with Gasteiger partial charge in [-0.3, -0.25) is 9.52 Å². The van der Waals surface area contributed by atoms with E-state index in [2.05, 4.69) is 33.0 Å². The van der Waals surface area contributed by atoms with Gasteiger partial charge in [0.1, 0.15) is 11.5 Å². The molecule has 0 radical (unpaired) electrons. The molecule has 1 aromatic heterocycles. The molecule has 12 nitrogen and oxygen atoms in total. The molecule has 0 bridgehead atoms. The molecule has 2 aromatic carbocycles. The Balaban J connectivity index is 1.21. The van der Waals surface area contributed by atoms with Gasteiger partial charge < -0.3 is 33.8 Å². The number of benzene rings is 2. The number of hydrogen-bond acceptors (Lipinski definition) is 10. The number of nitrogens with zero attached hydrogens (tertiary/aromatic N) is 4. The zero-order valence-electron chi connectivity index (χ0n) is 26.7. The van der Waals surface area contributed by atoms with Gasteiger partial charge in [-0.15, -0.1) is 0 Å². The van der Waals surface area contributed by atoms with E-state index in [4.69, 9.17) is 14.0 Å². The lowest BCUT2D eigenvalue weighted by atomic mass is 9.79. The van der Waals surface area contributed by atoms with E-state index in [-0.39, 0.29) is 39.1 Å². The Morgan fingerprint density at radius 2 is 1.76 bits per heavy atom. The third-order valence-electron chi connectivity index (χ3n) is 10.2. The topological polar surface area (TPSA) is 138 Å². The third-order valence-corrected chi connectivity index (χ3v) is 11.6. The van der Waals surface area contributed by atoms with Crippen LogP contribution in [0.3, 0.4) is 0 Å². The number of methoxy groups -OCH3 is 2. The molecule has 2 saturated heterocycles. The van der Waals surface area contributed by atoms with E-state index in [1.807, 2.05) is 18.9 Å². The molecule has 2 aliphatic carbocycles. The molecule has 246 valence electrons. The number of carbonyl (C=O) groups excluding carboxylic acids is 1. The molecule has 0 unspecified atom stereocenters.